The molecule has 2 aromatic rings. The predicted octanol–water partition coefficient (Wildman–Crippen LogP) is 3.69. The standard InChI is InChI=1S/C10H6Br2ClN3O/c11-6-3-5(13)1-2-7(6)16-9-8(12)10(17)15-4-14-9/h1-4H,(H2,14,15,16,17). The van der Waals surface area contributed by atoms with Crippen LogP contribution < -0.4 is 10.9 Å². The van der Waals surface area contributed by atoms with E-state index in [4.69, 9.17) is 11.6 Å². The first-order valence-corrected chi connectivity index (χ1v) is 6.49. The van der Waals surface area contributed by atoms with E-state index < -0.39 is 0 Å². The van der Waals surface area contributed by atoms with E-state index in [2.05, 4.69) is 47.1 Å². The number of halogens is 3. The van der Waals surface area contributed by atoms with Crippen LogP contribution in [0.25, 0.3) is 0 Å². The molecule has 0 saturated heterocycles. The lowest BCUT2D eigenvalue weighted by Crippen LogP contribution is -2.10. The van der Waals surface area contributed by atoms with Crippen LogP contribution in [0.4, 0.5) is 11.5 Å². The van der Waals surface area contributed by atoms with Crippen LogP contribution in [-0.2, 0) is 0 Å². The summed E-state index contributed by atoms with van der Waals surface area (Å²) in [7, 11) is 0. The first-order chi connectivity index (χ1) is 8.08. The summed E-state index contributed by atoms with van der Waals surface area (Å²) in [6.45, 7) is 0. The van der Waals surface area contributed by atoms with Crippen molar-refractivity contribution in [2.45, 2.75) is 0 Å². The topological polar surface area (TPSA) is 57.8 Å². The first kappa shape index (κ1) is 12.6. The van der Waals surface area contributed by atoms with Crippen LogP contribution in [0.2, 0.25) is 5.02 Å². The van der Waals surface area contributed by atoms with Gasteiger partial charge in [-0.1, -0.05) is 11.6 Å². The van der Waals surface area contributed by atoms with Gasteiger partial charge in [-0.15, -0.1) is 0 Å². The fourth-order valence-corrected chi connectivity index (χ4v) is 2.29. The molecule has 0 bridgehead atoms. The van der Waals surface area contributed by atoms with Gasteiger partial charge in [-0.3, -0.25) is 4.79 Å². The number of aromatic amines is 1. The molecule has 0 radical (unpaired) electrons. The van der Waals surface area contributed by atoms with Crippen molar-refractivity contribution in [1.82, 2.24) is 9.97 Å². The molecule has 0 spiro atoms. The van der Waals surface area contributed by atoms with Gasteiger partial charge in [0, 0.05) is 9.50 Å². The third-order valence-corrected chi connectivity index (χ3v) is 3.61. The molecule has 88 valence electrons. The predicted molar refractivity (Wildman–Crippen MR) is 75.0 cm³/mol. The Labute approximate surface area is 119 Å². The summed E-state index contributed by atoms with van der Waals surface area (Å²) in [6, 6.07) is 5.29. The van der Waals surface area contributed by atoms with E-state index in [0.717, 1.165) is 10.2 Å². The van der Waals surface area contributed by atoms with Gasteiger partial charge in [-0.2, -0.15) is 0 Å². The highest BCUT2D eigenvalue weighted by Gasteiger charge is 2.07. The molecular formula is C10H6Br2ClN3O. The number of nitrogens with one attached hydrogen (secondary N) is 2. The third-order valence-electron chi connectivity index (χ3n) is 1.98. The van der Waals surface area contributed by atoms with E-state index >= 15 is 0 Å². The minimum absolute atomic E-state index is 0.243. The zero-order chi connectivity index (χ0) is 12.4. The van der Waals surface area contributed by atoms with Crippen LogP contribution in [-0.4, -0.2) is 9.97 Å². The SMILES string of the molecule is O=c1[nH]cnc(Nc2ccc(Cl)cc2Br)c1Br. The van der Waals surface area contributed by atoms with Gasteiger partial charge in [0.2, 0.25) is 0 Å². The highest BCUT2D eigenvalue weighted by Crippen LogP contribution is 2.29. The minimum Gasteiger partial charge on any atom is -0.338 e. The Morgan fingerprint density at radius 3 is 2.82 bits per heavy atom. The Morgan fingerprint density at radius 2 is 2.12 bits per heavy atom. The van der Waals surface area contributed by atoms with Crippen LogP contribution in [0.5, 0.6) is 0 Å². The summed E-state index contributed by atoms with van der Waals surface area (Å²) >= 11 is 12.4. The molecule has 1 aromatic heterocycles. The van der Waals surface area contributed by atoms with Gasteiger partial charge in [0.1, 0.15) is 4.47 Å². The van der Waals surface area contributed by atoms with E-state index in [1.54, 1.807) is 18.2 Å². The molecule has 0 aliphatic heterocycles. The van der Waals surface area contributed by atoms with Crippen molar-refractivity contribution in [2.24, 2.45) is 0 Å². The second-order valence-electron chi connectivity index (χ2n) is 3.14. The Hall–Kier alpha value is -0.850. The van der Waals surface area contributed by atoms with Crippen molar-refractivity contribution < 1.29 is 0 Å². The van der Waals surface area contributed by atoms with Crippen LogP contribution in [0, 0.1) is 0 Å². The summed E-state index contributed by atoms with van der Waals surface area (Å²) < 4.78 is 1.14. The van der Waals surface area contributed by atoms with Crippen molar-refractivity contribution in [3.63, 3.8) is 0 Å². The van der Waals surface area contributed by atoms with Gasteiger partial charge in [0.15, 0.2) is 5.82 Å². The van der Waals surface area contributed by atoms with E-state index in [1.807, 2.05) is 0 Å². The van der Waals surface area contributed by atoms with Crippen molar-refractivity contribution in [2.75, 3.05) is 5.32 Å². The molecule has 0 fully saturated rings. The van der Waals surface area contributed by atoms with E-state index in [-0.39, 0.29) is 5.56 Å². The number of hydrogen-bond donors (Lipinski definition) is 2. The summed E-state index contributed by atoms with van der Waals surface area (Å²) in [5.41, 5.74) is 0.529. The molecule has 7 heteroatoms. The van der Waals surface area contributed by atoms with E-state index in [0.29, 0.717) is 15.3 Å². The second-order valence-corrected chi connectivity index (χ2v) is 5.23. The number of anilines is 2. The minimum atomic E-state index is -0.243. The average molecular weight is 379 g/mol. The zero-order valence-corrected chi connectivity index (χ0v) is 12.2. The van der Waals surface area contributed by atoms with Crippen LogP contribution in [0.1, 0.15) is 0 Å². The van der Waals surface area contributed by atoms with Gasteiger partial charge in [0.05, 0.1) is 12.0 Å². The maximum atomic E-state index is 11.4. The smallest absolute Gasteiger partial charge is 0.267 e. The Kier molecular flexibility index (Phi) is 3.86. The van der Waals surface area contributed by atoms with E-state index in [9.17, 15) is 4.79 Å². The molecule has 1 aromatic carbocycles. The monoisotopic (exact) mass is 377 g/mol. The summed E-state index contributed by atoms with van der Waals surface area (Å²) in [5, 5.41) is 3.65. The molecule has 0 amide bonds. The molecule has 17 heavy (non-hydrogen) atoms. The molecule has 0 aliphatic carbocycles. The maximum absolute atomic E-state index is 11.4. The summed E-state index contributed by atoms with van der Waals surface area (Å²) in [6.07, 6.45) is 1.33. The molecular weight excluding hydrogens is 373 g/mol. The molecule has 0 aliphatic rings. The molecule has 4 nitrogen and oxygen atoms in total. The zero-order valence-electron chi connectivity index (χ0n) is 8.30. The summed E-state index contributed by atoms with van der Waals surface area (Å²) in [4.78, 5) is 17.8. The van der Waals surface area contributed by atoms with Crippen molar-refractivity contribution in [3.05, 3.63) is 48.8 Å². The highest BCUT2D eigenvalue weighted by atomic mass is 79.9. The number of rotatable bonds is 2. The van der Waals surface area contributed by atoms with Gasteiger partial charge in [0.25, 0.3) is 5.56 Å². The van der Waals surface area contributed by atoms with Gasteiger partial charge in [-0.25, -0.2) is 4.98 Å². The third kappa shape index (κ3) is 2.88. The van der Waals surface area contributed by atoms with Crippen molar-refractivity contribution in [1.29, 1.82) is 0 Å². The molecule has 0 unspecified atom stereocenters. The van der Waals surface area contributed by atoms with E-state index in [1.165, 1.54) is 6.33 Å². The normalized spacial score (nSPS) is 10.3. The Morgan fingerprint density at radius 1 is 1.35 bits per heavy atom. The lowest BCUT2D eigenvalue weighted by atomic mass is 10.3. The summed E-state index contributed by atoms with van der Waals surface area (Å²) in [5.74, 6) is 0.441. The second kappa shape index (κ2) is 5.20. The van der Waals surface area contributed by atoms with Crippen LogP contribution in [0.15, 0.2) is 38.3 Å². The van der Waals surface area contributed by atoms with Crippen molar-refractivity contribution >= 4 is 55.0 Å². The number of hydrogen-bond acceptors (Lipinski definition) is 3. The fourth-order valence-electron chi connectivity index (χ4n) is 1.19. The molecule has 2 rings (SSSR count). The average Bonchev–Trinajstić information content (AvgIpc) is 2.28. The lowest BCUT2D eigenvalue weighted by Gasteiger charge is -2.08. The van der Waals surface area contributed by atoms with Gasteiger partial charge in [-0.05, 0) is 50.1 Å². The number of benzene rings is 1. The molecule has 1 heterocycles. The number of H-pyrrole nitrogens is 1. The maximum Gasteiger partial charge on any atom is 0.267 e. The molecule has 2 N–H and O–H groups in total. The van der Waals surface area contributed by atoms with Crippen molar-refractivity contribution in [3.8, 4) is 0 Å². The van der Waals surface area contributed by atoms with Gasteiger partial charge >= 0.3 is 0 Å². The molecule has 0 atom stereocenters. The molecule has 0 saturated carbocycles. The Bertz CT molecular complexity index is 615. The number of nitrogens with zero attached hydrogens (tertiary/aromatic N) is 1. The van der Waals surface area contributed by atoms with Crippen LogP contribution in [0.3, 0.4) is 0 Å². The van der Waals surface area contributed by atoms with Crippen LogP contribution >= 0.6 is 43.5 Å². The lowest BCUT2D eigenvalue weighted by molar-refractivity contribution is 1.10. The largest absolute Gasteiger partial charge is 0.338 e. The quantitative estimate of drug-likeness (QED) is 0.837. The Balaban J connectivity index is 2.38. The fraction of sp³-hybridized carbons (Fsp3) is 0. The first-order valence-electron chi connectivity index (χ1n) is 4.53. The highest BCUT2D eigenvalue weighted by molar-refractivity contribution is 9.11. The number of aromatic nitrogens is 2. The van der Waals surface area contributed by atoms with Gasteiger partial charge < -0.3 is 10.3 Å².